The summed E-state index contributed by atoms with van der Waals surface area (Å²) in [6.07, 6.45) is 0. The van der Waals surface area contributed by atoms with Crippen LogP contribution in [0.4, 0.5) is 0 Å². The third-order valence-corrected chi connectivity index (χ3v) is 11.5. The fourth-order valence-electron chi connectivity index (χ4n) is 9.07. The molecule has 12 aromatic rings. The van der Waals surface area contributed by atoms with E-state index in [1.165, 1.54) is 21.5 Å². The molecule has 0 saturated heterocycles. The highest BCUT2D eigenvalue weighted by Gasteiger charge is 2.28. The van der Waals surface area contributed by atoms with Crippen molar-refractivity contribution in [3.8, 4) is 45.0 Å². The van der Waals surface area contributed by atoms with Gasteiger partial charge in [0, 0.05) is 49.5 Å². The summed E-state index contributed by atoms with van der Waals surface area (Å²) in [7, 11) is 0. The predicted molar refractivity (Wildman–Crippen MR) is 237 cm³/mol. The maximum absolute atomic E-state index is 6.90. The third-order valence-electron chi connectivity index (χ3n) is 11.5. The van der Waals surface area contributed by atoms with Crippen molar-refractivity contribution < 1.29 is 4.42 Å². The molecule has 57 heavy (non-hydrogen) atoms. The topological polar surface area (TPSA) is 35.9 Å². The number of fused-ring (bicyclic) bond motifs is 9. The van der Waals surface area contributed by atoms with E-state index in [0.717, 1.165) is 89.0 Å². The number of para-hydroxylation sites is 5. The van der Waals surface area contributed by atoms with Gasteiger partial charge in [0.15, 0.2) is 0 Å². The summed E-state index contributed by atoms with van der Waals surface area (Å²) in [5.41, 5.74) is 14.2. The van der Waals surface area contributed by atoms with Gasteiger partial charge in [-0.05, 0) is 53.6 Å². The van der Waals surface area contributed by atoms with Crippen LogP contribution in [0.15, 0.2) is 205 Å². The van der Waals surface area contributed by atoms with E-state index in [1.807, 2.05) is 6.07 Å². The van der Waals surface area contributed by atoms with Gasteiger partial charge < -0.3 is 13.6 Å². The molecule has 12 rings (SSSR count). The molecule has 0 aliphatic heterocycles. The van der Waals surface area contributed by atoms with Crippen molar-refractivity contribution in [2.45, 2.75) is 0 Å². The van der Waals surface area contributed by atoms with Crippen LogP contribution in [-0.2, 0) is 0 Å². The van der Waals surface area contributed by atoms with Crippen molar-refractivity contribution in [3.63, 3.8) is 0 Å². The Morgan fingerprint density at radius 1 is 0.351 bits per heavy atom. The molecule has 0 fully saturated rings. The summed E-state index contributed by atoms with van der Waals surface area (Å²) in [5, 5.41) is 6.86. The largest absolute Gasteiger partial charge is 0.456 e. The average Bonchev–Trinajstić information content (AvgIpc) is 3.94. The van der Waals surface area contributed by atoms with E-state index in [2.05, 4.69) is 203 Å². The monoisotopic (exact) mass is 727 g/mol. The van der Waals surface area contributed by atoms with Crippen LogP contribution in [0.1, 0.15) is 0 Å². The van der Waals surface area contributed by atoms with Gasteiger partial charge in [-0.1, -0.05) is 152 Å². The van der Waals surface area contributed by atoms with Crippen LogP contribution >= 0.6 is 0 Å². The second-order valence-electron chi connectivity index (χ2n) is 14.7. The summed E-state index contributed by atoms with van der Waals surface area (Å²) in [6, 6.07) is 71.3. The SMILES string of the molecule is c1ccc(-c2cc(-c3ccccc3)nc(-c3c(-n4c5ccccc5c5ccccc54)c(-n4c5ccccc5c5ccccc54)cc4oc5ccccc5c34)c2)cc1. The lowest BCUT2D eigenvalue weighted by Gasteiger charge is -2.22. The van der Waals surface area contributed by atoms with E-state index in [0.29, 0.717) is 0 Å². The van der Waals surface area contributed by atoms with E-state index < -0.39 is 0 Å². The Morgan fingerprint density at radius 2 is 0.807 bits per heavy atom. The highest BCUT2D eigenvalue weighted by Crippen LogP contribution is 2.48. The van der Waals surface area contributed by atoms with Crippen molar-refractivity contribution in [1.29, 1.82) is 0 Å². The van der Waals surface area contributed by atoms with E-state index >= 15 is 0 Å². The van der Waals surface area contributed by atoms with Gasteiger partial charge in [0.2, 0.25) is 0 Å². The molecule has 0 spiro atoms. The first-order valence-electron chi connectivity index (χ1n) is 19.4. The fraction of sp³-hybridized carbons (Fsp3) is 0. The highest BCUT2D eigenvalue weighted by molar-refractivity contribution is 6.19. The number of nitrogens with zero attached hydrogens (tertiary/aromatic N) is 3. The molecule has 4 nitrogen and oxygen atoms in total. The molecule has 0 amide bonds. The van der Waals surface area contributed by atoms with Crippen LogP contribution in [0.25, 0.3) is 111 Å². The molecule has 0 bridgehead atoms. The average molecular weight is 728 g/mol. The Morgan fingerprint density at radius 3 is 1.39 bits per heavy atom. The molecule has 0 N–H and O–H groups in total. The Kier molecular flexibility index (Phi) is 6.89. The number of hydrogen-bond acceptors (Lipinski definition) is 2. The summed E-state index contributed by atoms with van der Waals surface area (Å²) >= 11 is 0. The summed E-state index contributed by atoms with van der Waals surface area (Å²) < 4.78 is 11.8. The third kappa shape index (κ3) is 4.77. The molecule has 8 aromatic carbocycles. The summed E-state index contributed by atoms with van der Waals surface area (Å²) in [6.45, 7) is 0. The van der Waals surface area contributed by atoms with Gasteiger partial charge in [-0.15, -0.1) is 0 Å². The van der Waals surface area contributed by atoms with Crippen LogP contribution in [0.3, 0.4) is 0 Å². The summed E-state index contributed by atoms with van der Waals surface area (Å²) in [5.74, 6) is 0. The Balaban J connectivity index is 1.35. The van der Waals surface area contributed by atoms with Crippen molar-refractivity contribution in [2.24, 2.45) is 0 Å². The lowest BCUT2D eigenvalue weighted by Crippen LogP contribution is -2.07. The van der Waals surface area contributed by atoms with Gasteiger partial charge in [-0.2, -0.15) is 0 Å². The Bertz CT molecular complexity index is 3350. The zero-order valence-corrected chi connectivity index (χ0v) is 30.8. The Hall–Kier alpha value is -7.69. The lowest BCUT2D eigenvalue weighted by molar-refractivity contribution is 0.668. The maximum Gasteiger partial charge on any atom is 0.138 e. The van der Waals surface area contributed by atoms with E-state index in [1.54, 1.807) is 0 Å². The second kappa shape index (κ2) is 12.4. The maximum atomic E-state index is 6.90. The van der Waals surface area contributed by atoms with Gasteiger partial charge in [0.25, 0.3) is 0 Å². The van der Waals surface area contributed by atoms with Gasteiger partial charge in [0.05, 0.1) is 44.8 Å². The predicted octanol–water partition coefficient (Wildman–Crippen LogP) is 14.2. The molecular formula is C53H33N3O. The normalized spacial score (nSPS) is 11.9. The minimum Gasteiger partial charge on any atom is -0.456 e. The van der Waals surface area contributed by atoms with Crippen molar-refractivity contribution in [1.82, 2.24) is 14.1 Å². The second-order valence-corrected chi connectivity index (χ2v) is 14.7. The molecule has 0 saturated carbocycles. The molecule has 0 atom stereocenters. The number of hydrogen-bond donors (Lipinski definition) is 0. The number of furan rings is 1. The first kappa shape index (κ1) is 31.6. The van der Waals surface area contributed by atoms with E-state index in [4.69, 9.17) is 9.40 Å². The van der Waals surface area contributed by atoms with Gasteiger partial charge in [-0.25, -0.2) is 4.98 Å². The van der Waals surface area contributed by atoms with Crippen LogP contribution in [0.2, 0.25) is 0 Å². The molecule has 0 aliphatic rings. The van der Waals surface area contributed by atoms with Crippen LogP contribution in [-0.4, -0.2) is 14.1 Å². The number of aromatic nitrogens is 3. The molecule has 4 heteroatoms. The van der Waals surface area contributed by atoms with Gasteiger partial charge in [0.1, 0.15) is 11.2 Å². The van der Waals surface area contributed by atoms with Crippen LogP contribution < -0.4 is 0 Å². The van der Waals surface area contributed by atoms with Gasteiger partial charge >= 0.3 is 0 Å². The zero-order chi connectivity index (χ0) is 37.5. The first-order valence-corrected chi connectivity index (χ1v) is 19.4. The Labute approximate surface area is 328 Å². The number of benzene rings is 8. The first-order chi connectivity index (χ1) is 28.3. The minimum absolute atomic E-state index is 0.806. The smallest absolute Gasteiger partial charge is 0.138 e. The lowest BCUT2D eigenvalue weighted by atomic mass is 9.95. The van der Waals surface area contributed by atoms with Crippen molar-refractivity contribution in [2.75, 3.05) is 0 Å². The van der Waals surface area contributed by atoms with Crippen LogP contribution in [0.5, 0.6) is 0 Å². The minimum atomic E-state index is 0.806. The van der Waals surface area contributed by atoms with Crippen LogP contribution in [0, 0.1) is 0 Å². The molecule has 4 aromatic heterocycles. The molecule has 0 unspecified atom stereocenters. The fourth-order valence-corrected chi connectivity index (χ4v) is 9.07. The quantitative estimate of drug-likeness (QED) is 0.177. The molecule has 266 valence electrons. The molecule has 0 aliphatic carbocycles. The summed E-state index contributed by atoms with van der Waals surface area (Å²) in [4.78, 5) is 5.65. The standard InChI is InChI=1S/C53H33N3O/c1-3-17-34(18-4-1)36-31-42(35-19-5-2-6-20-35)54-43(32-36)52-51-41-25-11-16-30-49(41)57-50(51)33-48(55-44-26-12-7-21-37(44)38-22-8-13-27-45(38)55)53(52)56-46-28-14-9-23-39(46)40-24-10-15-29-47(40)56/h1-33H. The number of rotatable bonds is 5. The van der Waals surface area contributed by atoms with Crippen molar-refractivity contribution in [3.05, 3.63) is 200 Å². The molecular weight excluding hydrogens is 695 g/mol. The van der Waals surface area contributed by atoms with Crippen molar-refractivity contribution >= 4 is 65.6 Å². The van der Waals surface area contributed by atoms with E-state index in [9.17, 15) is 0 Å². The number of pyridine rings is 1. The highest BCUT2D eigenvalue weighted by atomic mass is 16.3. The molecule has 0 radical (unpaired) electrons. The molecule has 4 heterocycles. The van der Waals surface area contributed by atoms with Gasteiger partial charge in [-0.3, -0.25) is 0 Å². The van der Waals surface area contributed by atoms with E-state index in [-0.39, 0.29) is 0 Å². The zero-order valence-electron chi connectivity index (χ0n) is 30.8.